The summed E-state index contributed by atoms with van der Waals surface area (Å²) in [6.07, 6.45) is 0.767. The van der Waals surface area contributed by atoms with Crippen LogP contribution in [0, 0.1) is 5.92 Å². The maximum absolute atomic E-state index is 5.24. The zero-order valence-electron chi connectivity index (χ0n) is 8.01. The monoisotopic (exact) mass is 178 g/mol. The molecule has 4 heteroatoms. The molecule has 0 spiro atoms. The van der Waals surface area contributed by atoms with Crippen molar-refractivity contribution in [3.63, 3.8) is 0 Å². The van der Waals surface area contributed by atoms with Gasteiger partial charge in [0, 0.05) is 20.6 Å². The van der Waals surface area contributed by atoms with E-state index in [9.17, 15) is 0 Å². The number of hydrogen-bond acceptors (Lipinski definition) is 3. The second-order valence-corrected chi connectivity index (χ2v) is 3.30. The molecule has 0 radical (unpaired) electrons. The first-order chi connectivity index (χ1) is 5.10. The first kappa shape index (κ1) is 11.1. The van der Waals surface area contributed by atoms with Crippen LogP contribution >= 0.6 is 0 Å². The van der Waals surface area contributed by atoms with E-state index >= 15 is 0 Å². The van der Waals surface area contributed by atoms with Crippen molar-refractivity contribution in [1.29, 1.82) is 0 Å². The van der Waals surface area contributed by atoms with Crippen LogP contribution in [-0.2, 0) is 13.9 Å². The van der Waals surface area contributed by atoms with Gasteiger partial charge in [0.15, 0.2) is 10.5 Å². The molecule has 0 N–H and O–H groups in total. The van der Waals surface area contributed by atoms with Crippen LogP contribution in [0.1, 0.15) is 20.3 Å². The van der Waals surface area contributed by atoms with E-state index in [-0.39, 0.29) is 0 Å². The molecule has 0 atom stereocenters. The van der Waals surface area contributed by atoms with Crippen LogP contribution in [0.5, 0.6) is 0 Å². The molecule has 0 aliphatic rings. The van der Waals surface area contributed by atoms with Gasteiger partial charge in [0.25, 0.3) is 5.97 Å². The second kappa shape index (κ2) is 4.87. The van der Waals surface area contributed by atoms with Gasteiger partial charge in [-0.25, -0.2) is 0 Å². The number of rotatable bonds is 5. The average molecular weight is 178 g/mol. The highest BCUT2D eigenvalue weighted by Gasteiger charge is 2.29. The molecule has 0 aliphatic carbocycles. The summed E-state index contributed by atoms with van der Waals surface area (Å²) >= 11 is 0. The van der Waals surface area contributed by atoms with E-state index in [4.69, 9.17) is 13.9 Å². The Morgan fingerprint density at radius 1 is 1.27 bits per heavy atom. The Labute approximate surface area is 71.6 Å². The van der Waals surface area contributed by atoms with E-state index in [0.29, 0.717) is 16.4 Å². The van der Waals surface area contributed by atoms with E-state index in [0.717, 1.165) is 6.42 Å². The summed E-state index contributed by atoms with van der Waals surface area (Å²) in [5, 5.41) is 0. The Morgan fingerprint density at radius 3 is 1.82 bits per heavy atom. The third-order valence-electron chi connectivity index (χ3n) is 1.59. The van der Waals surface area contributed by atoms with Crippen molar-refractivity contribution in [3.05, 3.63) is 0 Å². The zero-order valence-corrected chi connectivity index (χ0v) is 10.0. The molecule has 0 aliphatic heterocycles. The topological polar surface area (TPSA) is 27.7 Å². The number of ether oxygens (including phenoxy) is 2. The fourth-order valence-electron chi connectivity index (χ4n) is 1.00. The molecular formula is C7H18O3Si. The second-order valence-electron chi connectivity index (χ2n) is 2.89. The highest BCUT2D eigenvalue weighted by Crippen LogP contribution is 2.21. The van der Waals surface area contributed by atoms with Crippen LogP contribution in [0.3, 0.4) is 0 Å². The Morgan fingerprint density at radius 2 is 1.73 bits per heavy atom. The van der Waals surface area contributed by atoms with Gasteiger partial charge < -0.3 is 13.9 Å². The van der Waals surface area contributed by atoms with Gasteiger partial charge in [-0.2, -0.15) is 0 Å². The minimum Gasteiger partial charge on any atom is -0.380 e. The Bertz CT molecular complexity index is 93.6. The van der Waals surface area contributed by atoms with Crippen molar-refractivity contribution in [2.75, 3.05) is 14.2 Å². The van der Waals surface area contributed by atoms with E-state index in [1.807, 2.05) is 0 Å². The van der Waals surface area contributed by atoms with Crippen LogP contribution in [-0.4, -0.2) is 30.7 Å². The molecule has 68 valence electrons. The average Bonchev–Trinajstić information content (AvgIpc) is 2.00. The molecule has 0 bridgehead atoms. The number of hydrogen-bond donors (Lipinski definition) is 0. The summed E-state index contributed by atoms with van der Waals surface area (Å²) < 4.78 is 15.5. The molecule has 0 unspecified atom stereocenters. The lowest BCUT2D eigenvalue weighted by Gasteiger charge is -2.30. The summed E-state index contributed by atoms with van der Waals surface area (Å²) in [5.74, 6) is -0.288. The first-order valence-electron chi connectivity index (χ1n) is 3.75. The molecular weight excluding hydrogens is 160 g/mol. The minimum absolute atomic E-state index is 0.504. The van der Waals surface area contributed by atoms with Gasteiger partial charge >= 0.3 is 0 Å². The quantitative estimate of drug-likeness (QED) is 0.447. The molecule has 0 aromatic heterocycles. The third-order valence-corrected chi connectivity index (χ3v) is 2.21. The fraction of sp³-hybridized carbons (Fsp3) is 1.00. The van der Waals surface area contributed by atoms with E-state index < -0.39 is 5.97 Å². The van der Waals surface area contributed by atoms with Crippen molar-refractivity contribution in [1.82, 2.24) is 0 Å². The summed E-state index contributed by atoms with van der Waals surface area (Å²) in [4.78, 5) is 0. The summed E-state index contributed by atoms with van der Waals surface area (Å²) in [6, 6.07) is 0. The Balaban J connectivity index is 4.05. The molecule has 0 aromatic carbocycles. The highest BCUT2D eigenvalue weighted by atomic mass is 28.2. The van der Waals surface area contributed by atoms with Gasteiger partial charge in [-0.1, -0.05) is 13.8 Å². The maximum Gasteiger partial charge on any atom is 0.272 e. The van der Waals surface area contributed by atoms with E-state index in [1.165, 1.54) is 0 Å². The molecule has 0 saturated heterocycles. The summed E-state index contributed by atoms with van der Waals surface area (Å²) in [5.41, 5.74) is 0. The van der Waals surface area contributed by atoms with Crippen LogP contribution in [0.25, 0.3) is 0 Å². The predicted molar refractivity (Wildman–Crippen MR) is 47.2 cm³/mol. The fourth-order valence-corrected chi connectivity index (χ4v) is 1.50. The van der Waals surface area contributed by atoms with Gasteiger partial charge in [-0.3, -0.25) is 0 Å². The van der Waals surface area contributed by atoms with E-state index in [1.54, 1.807) is 14.2 Å². The SMILES string of the molecule is COC(CC(C)C)(OC)O[SiH3]. The molecule has 0 saturated carbocycles. The van der Waals surface area contributed by atoms with E-state index in [2.05, 4.69) is 13.8 Å². The molecule has 11 heavy (non-hydrogen) atoms. The largest absolute Gasteiger partial charge is 0.380 e. The van der Waals surface area contributed by atoms with Gasteiger partial charge in [-0.15, -0.1) is 0 Å². The predicted octanol–water partition coefficient (Wildman–Crippen LogP) is 0.276. The normalized spacial score (nSPS) is 12.8. The van der Waals surface area contributed by atoms with Crippen molar-refractivity contribution in [3.8, 4) is 0 Å². The van der Waals surface area contributed by atoms with Crippen molar-refractivity contribution >= 4 is 10.5 Å². The summed E-state index contributed by atoms with van der Waals surface area (Å²) in [7, 11) is 3.82. The molecule has 0 rings (SSSR count). The Kier molecular flexibility index (Phi) is 4.91. The highest BCUT2D eigenvalue weighted by molar-refractivity contribution is 5.98. The van der Waals surface area contributed by atoms with Crippen molar-refractivity contribution in [2.45, 2.75) is 26.2 Å². The van der Waals surface area contributed by atoms with Crippen LogP contribution in [0.4, 0.5) is 0 Å². The molecule has 0 aromatic rings. The molecule has 0 amide bonds. The van der Waals surface area contributed by atoms with Gasteiger partial charge in [0.05, 0.1) is 0 Å². The minimum atomic E-state index is -0.791. The van der Waals surface area contributed by atoms with Crippen molar-refractivity contribution < 1.29 is 13.9 Å². The Hall–Kier alpha value is 0.0969. The van der Waals surface area contributed by atoms with Gasteiger partial charge in [0.1, 0.15) is 0 Å². The van der Waals surface area contributed by atoms with Gasteiger partial charge in [0.2, 0.25) is 0 Å². The first-order valence-corrected chi connectivity index (χ1v) is 4.57. The van der Waals surface area contributed by atoms with Crippen molar-refractivity contribution in [2.24, 2.45) is 5.92 Å². The lowest BCUT2D eigenvalue weighted by Crippen LogP contribution is -2.37. The number of methoxy groups -OCH3 is 2. The maximum atomic E-state index is 5.24. The molecule has 3 nitrogen and oxygen atoms in total. The van der Waals surface area contributed by atoms with Gasteiger partial charge in [-0.05, 0) is 5.92 Å². The van der Waals surface area contributed by atoms with Crippen LogP contribution in [0.15, 0.2) is 0 Å². The summed E-state index contributed by atoms with van der Waals surface area (Å²) in [6.45, 7) is 4.21. The third kappa shape index (κ3) is 3.33. The lowest BCUT2D eigenvalue weighted by atomic mass is 10.1. The zero-order chi connectivity index (χ0) is 8.91. The molecule has 0 heterocycles. The standard InChI is InChI=1S/C7H18O3Si/c1-6(2)5-7(8-3,9-4)10-11/h6H,5H2,1-4,11H3. The van der Waals surface area contributed by atoms with Crippen LogP contribution in [0.2, 0.25) is 0 Å². The smallest absolute Gasteiger partial charge is 0.272 e. The lowest BCUT2D eigenvalue weighted by molar-refractivity contribution is -0.328. The molecule has 0 fully saturated rings. The van der Waals surface area contributed by atoms with Crippen LogP contribution < -0.4 is 0 Å².